The lowest BCUT2D eigenvalue weighted by atomic mass is 10.0. The highest BCUT2D eigenvalue weighted by Gasteiger charge is 2.39. The van der Waals surface area contributed by atoms with Gasteiger partial charge in [-0.15, -0.1) is 0 Å². The molecule has 1 atom stereocenters. The molecule has 150 valence electrons. The minimum absolute atomic E-state index is 0.00608. The maximum atomic E-state index is 12.0. The van der Waals surface area contributed by atoms with Crippen molar-refractivity contribution in [2.75, 3.05) is 46.0 Å². The molecule has 0 spiro atoms. The van der Waals surface area contributed by atoms with E-state index in [4.69, 9.17) is 9.47 Å². The van der Waals surface area contributed by atoms with Crippen LogP contribution in [0.15, 0.2) is 18.2 Å². The number of carbonyl (C=O) groups excluding carboxylic acids is 1. The highest BCUT2D eigenvalue weighted by atomic mass is 16.5. The van der Waals surface area contributed by atoms with E-state index in [0.717, 1.165) is 43.9 Å². The summed E-state index contributed by atoms with van der Waals surface area (Å²) in [6, 6.07) is 6.34. The van der Waals surface area contributed by atoms with Crippen LogP contribution in [-0.4, -0.2) is 78.5 Å². The summed E-state index contributed by atoms with van der Waals surface area (Å²) in [5.41, 5.74) is 1.28. The Morgan fingerprint density at radius 2 is 1.96 bits per heavy atom. The molecule has 1 aromatic carbocycles. The standard InChI is InChI=1S/C21H32N2O4/c1-16-4-5-20(12-17(16)2)27-15-21(25)13-22(18(3)24)8-9-23(14-21)19-6-10-26-11-7-19/h4-5,12,19,25H,6-11,13-15H2,1-3H3/t21-/m1/s1. The molecule has 2 saturated heterocycles. The Hall–Kier alpha value is -1.63. The zero-order valence-electron chi connectivity index (χ0n) is 16.7. The number of rotatable bonds is 4. The zero-order chi connectivity index (χ0) is 19.4. The van der Waals surface area contributed by atoms with Crippen molar-refractivity contribution in [1.82, 2.24) is 9.80 Å². The Morgan fingerprint density at radius 3 is 2.63 bits per heavy atom. The predicted molar refractivity (Wildman–Crippen MR) is 104 cm³/mol. The van der Waals surface area contributed by atoms with Crippen molar-refractivity contribution in [3.63, 3.8) is 0 Å². The number of aryl methyl sites for hydroxylation is 2. The number of ether oxygens (including phenoxy) is 2. The van der Waals surface area contributed by atoms with E-state index < -0.39 is 5.60 Å². The first-order valence-corrected chi connectivity index (χ1v) is 9.86. The molecule has 0 bridgehead atoms. The fourth-order valence-corrected chi connectivity index (χ4v) is 3.93. The molecular formula is C21H32N2O4. The molecule has 0 saturated carbocycles. The van der Waals surface area contributed by atoms with Crippen molar-refractivity contribution in [2.45, 2.75) is 45.3 Å². The fraction of sp³-hybridized carbons (Fsp3) is 0.667. The lowest BCUT2D eigenvalue weighted by molar-refractivity contribution is -0.132. The molecule has 0 radical (unpaired) electrons. The summed E-state index contributed by atoms with van der Waals surface area (Å²) >= 11 is 0. The first-order valence-electron chi connectivity index (χ1n) is 9.86. The van der Waals surface area contributed by atoms with Crippen molar-refractivity contribution in [2.24, 2.45) is 0 Å². The van der Waals surface area contributed by atoms with E-state index >= 15 is 0 Å². The van der Waals surface area contributed by atoms with Gasteiger partial charge >= 0.3 is 0 Å². The quantitative estimate of drug-likeness (QED) is 0.868. The minimum Gasteiger partial charge on any atom is -0.490 e. The van der Waals surface area contributed by atoms with Crippen molar-refractivity contribution in [3.05, 3.63) is 29.3 Å². The van der Waals surface area contributed by atoms with Crippen LogP contribution in [0.1, 0.15) is 30.9 Å². The van der Waals surface area contributed by atoms with Crippen LogP contribution in [0, 0.1) is 13.8 Å². The van der Waals surface area contributed by atoms with Gasteiger partial charge in [0, 0.05) is 45.8 Å². The SMILES string of the molecule is CC(=O)N1CCN(C2CCOCC2)C[C@@](O)(COc2ccc(C)c(C)c2)C1. The van der Waals surface area contributed by atoms with E-state index in [-0.39, 0.29) is 12.5 Å². The maximum absolute atomic E-state index is 12.0. The number of carbonyl (C=O) groups is 1. The Kier molecular flexibility index (Phi) is 6.40. The van der Waals surface area contributed by atoms with E-state index in [1.807, 2.05) is 25.1 Å². The van der Waals surface area contributed by atoms with E-state index in [0.29, 0.717) is 25.7 Å². The minimum atomic E-state index is -1.10. The van der Waals surface area contributed by atoms with Gasteiger partial charge in [-0.2, -0.15) is 0 Å². The molecule has 1 aromatic rings. The average Bonchev–Trinajstić information content (AvgIpc) is 2.83. The number of benzene rings is 1. The lowest BCUT2D eigenvalue weighted by Crippen LogP contribution is -2.53. The molecule has 2 aliphatic rings. The van der Waals surface area contributed by atoms with Crippen molar-refractivity contribution < 1.29 is 19.4 Å². The van der Waals surface area contributed by atoms with Gasteiger partial charge in [0.05, 0.1) is 6.54 Å². The van der Waals surface area contributed by atoms with Gasteiger partial charge in [-0.25, -0.2) is 0 Å². The molecule has 27 heavy (non-hydrogen) atoms. The Morgan fingerprint density at radius 1 is 1.22 bits per heavy atom. The number of β-amino-alcohol motifs (C(OH)–C–C–N with tert-alkyl or cyclic N) is 1. The van der Waals surface area contributed by atoms with Gasteiger partial charge in [0.2, 0.25) is 5.91 Å². The van der Waals surface area contributed by atoms with Crippen LogP contribution in [0.25, 0.3) is 0 Å². The smallest absolute Gasteiger partial charge is 0.219 e. The average molecular weight is 376 g/mol. The largest absolute Gasteiger partial charge is 0.490 e. The maximum Gasteiger partial charge on any atom is 0.219 e. The second-order valence-electron chi connectivity index (χ2n) is 8.01. The zero-order valence-corrected chi connectivity index (χ0v) is 16.7. The highest BCUT2D eigenvalue weighted by Crippen LogP contribution is 2.23. The lowest BCUT2D eigenvalue weighted by Gasteiger charge is -2.37. The second-order valence-corrected chi connectivity index (χ2v) is 8.01. The molecule has 2 aliphatic heterocycles. The van der Waals surface area contributed by atoms with Gasteiger partial charge < -0.3 is 19.5 Å². The first kappa shape index (κ1) is 20.1. The summed E-state index contributed by atoms with van der Waals surface area (Å²) in [5, 5.41) is 11.4. The van der Waals surface area contributed by atoms with E-state index in [1.54, 1.807) is 11.8 Å². The van der Waals surface area contributed by atoms with Crippen LogP contribution in [0.4, 0.5) is 0 Å². The van der Waals surface area contributed by atoms with Crippen LogP contribution in [-0.2, 0) is 9.53 Å². The molecule has 6 nitrogen and oxygen atoms in total. The molecule has 0 aliphatic carbocycles. The summed E-state index contributed by atoms with van der Waals surface area (Å²) < 4.78 is 11.4. The summed E-state index contributed by atoms with van der Waals surface area (Å²) in [5.74, 6) is 0.746. The molecule has 2 heterocycles. The third-order valence-electron chi connectivity index (χ3n) is 5.78. The highest BCUT2D eigenvalue weighted by molar-refractivity contribution is 5.73. The van der Waals surface area contributed by atoms with Gasteiger partial charge in [-0.3, -0.25) is 9.69 Å². The van der Waals surface area contributed by atoms with Crippen molar-refractivity contribution in [1.29, 1.82) is 0 Å². The monoisotopic (exact) mass is 376 g/mol. The molecule has 1 N–H and O–H groups in total. The summed E-state index contributed by atoms with van der Waals surface area (Å²) in [6.07, 6.45) is 1.93. The number of amides is 1. The topological polar surface area (TPSA) is 62.2 Å². The van der Waals surface area contributed by atoms with E-state index in [9.17, 15) is 9.90 Å². The third-order valence-corrected chi connectivity index (χ3v) is 5.78. The number of hydrogen-bond acceptors (Lipinski definition) is 5. The molecule has 0 aromatic heterocycles. The Bertz CT molecular complexity index is 660. The molecular weight excluding hydrogens is 344 g/mol. The normalized spacial score (nSPS) is 25.3. The van der Waals surface area contributed by atoms with E-state index in [2.05, 4.69) is 11.8 Å². The van der Waals surface area contributed by atoms with Gasteiger partial charge in [0.1, 0.15) is 18.0 Å². The third kappa shape index (κ3) is 5.21. The molecule has 6 heteroatoms. The molecule has 2 fully saturated rings. The van der Waals surface area contributed by atoms with Crippen molar-refractivity contribution in [3.8, 4) is 5.75 Å². The fourth-order valence-electron chi connectivity index (χ4n) is 3.93. The number of nitrogens with zero attached hydrogens (tertiary/aromatic N) is 2. The molecule has 3 rings (SSSR count). The van der Waals surface area contributed by atoms with E-state index in [1.165, 1.54) is 5.56 Å². The molecule has 1 amide bonds. The van der Waals surface area contributed by atoms with Gasteiger partial charge in [-0.1, -0.05) is 6.07 Å². The van der Waals surface area contributed by atoms with Crippen LogP contribution >= 0.6 is 0 Å². The Balaban J connectivity index is 1.72. The van der Waals surface area contributed by atoms with Gasteiger partial charge in [-0.05, 0) is 49.9 Å². The number of hydrogen-bond donors (Lipinski definition) is 1. The molecule has 0 unspecified atom stereocenters. The summed E-state index contributed by atoms with van der Waals surface area (Å²) in [7, 11) is 0. The van der Waals surface area contributed by atoms with Gasteiger partial charge in [0.25, 0.3) is 0 Å². The van der Waals surface area contributed by atoms with Crippen LogP contribution in [0.5, 0.6) is 5.75 Å². The van der Waals surface area contributed by atoms with Crippen molar-refractivity contribution >= 4 is 5.91 Å². The van der Waals surface area contributed by atoms with Crippen LogP contribution in [0.2, 0.25) is 0 Å². The Labute approximate surface area is 162 Å². The van der Waals surface area contributed by atoms with Gasteiger partial charge in [0.15, 0.2) is 0 Å². The summed E-state index contributed by atoms with van der Waals surface area (Å²) in [4.78, 5) is 16.1. The predicted octanol–water partition coefficient (Wildman–Crippen LogP) is 1.76. The summed E-state index contributed by atoms with van der Waals surface area (Å²) in [6.45, 7) is 9.58. The first-order chi connectivity index (χ1) is 12.9. The van der Waals surface area contributed by atoms with Crippen LogP contribution < -0.4 is 4.74 Å². The van der Waals surface area contributed by atoms with Crippen LogP contribution in [0.3, 0.4) is 0 Å². The second kappa shape index (κ2) is 8.59. The number of aliphatic hydroxyl groups is 1.